The quantitative estimate of drug-likeness (QED) is 0.709. The fourth-order valence-electron chi connectivity index (χ4n) is 1.47. The Morgan fingerprint density at radius 1 is 1.21 bits per heavy atom. The number of hydrogen-bond donors (Lipinski definition) is 0. The summed E-state index contributed by atoms with van der Waals surface area (Å²) >= 11 is 0. The molecule has 0 saturated carbocycles. The van der Waals surface area contributed by atoms with Crippen LogP contribution in [0.3, 0.4) is 0 Å². The third-order valence-corrected chi connectivity index (χ3v) is 2.36. The molecule has 1 nitrogen and oxygen atoms in total. The number of pyridine rings is 1. The van der Waals surface area contributed by atoms with Gasteiger partial charge in [0.1, 0.15) is 0 Å². The normalized spacial score (nSPS) is 11.7. The van der Waals surface area contributed by atoms with Crippen LogP contribution in [-0.2, 0) is 6.42 Å². The van der Waals surface area contributed by atoms with E-state index in [-0.39, 0.29) is 0 Å². The van der Waals surface area contributed by atoms with Gasteiger partial charge in [-0.15, -0.1) is 0 Å². The first-order chi connectivity index (χ1) is 6.47. The molecule has 1 aromatic heterocycles. The van der Waals surface area contributed by atoms with Gasteiger partial charge in [-0.05, 0) is 43.2 Å². The second-order valence-electron chi connectivity index (χ2n) is 5.22. The number of aryl methyl sites for hydroxylation is 2. The van der Waals surface area contributed by atoms with Gasteiger partial charge in [0.05, 0.1) is 0 Å². The number of aromatic nitrogens is 1. The minimum Gasteiger partial charge on any atom is -0.261 e. The Hall–Kier alpha value is -0.850. The zero-order chi connectivity index (χ0) is 10.6. The van der Waals surface area contributed by atoms with Crippen molar-refractivity contribution in [1.29, 1.82) is 0 Å². The number of rotatable bonds is 3. The van der Waals surface area contributed by atoms with Crippen LogP contribution >= 0.6 is 0 Å². The van der Waals surface area contributed by atoms with Crippen LogP contribution in [-0.4, -0.2) is 4.98 Å². The highest BCUT2D eigenvalue weighted by molar-refractivity contribution is 5.13. The van der Waals surface area contributed by atoms with Gasteiger partial charge in [0, 0.05) is 11.9 Å². The Morgan fingerprint density at radius 2 is 1.93 bits per heavy atom. The Balaban J connectivity index is 2.35. The first-order valence-electron chi connectivity index (χ1n) is 5.39. The van der Waals surface area contributed by atoms with Crippen molar-refractivity contribution in [1.82, 2.24) is 4.98 Å². The molecular formula is C13H21N. The molecule has 0 aliphatic heterocycles. The Morgan fingerprint density at radius 3 is 2.43 bits per heavy atom. The Kier molecular flexibility index (Phi) is 3.68. The zero-order valence-corrected chi connectivity index (χ0v) is 9.80. The molecular weight excluding hydrogens is 170 g/mol. The van der Waals surface area contributed by atoms with Crippen LogP contribution < -0.4 is 0 Å². The van der Waals surface area contributed by atoms with Gasteiger partial charge >= 0.3 is 0 Å². The molecule has 0 aliphatic rings. The van der Waals surface area contributed by atoms with Crippen LogP contribution in [0.2, 0.25) is 0 Å². The summed E-state index contributed by atoms with van der Waals surface area (Å²) < 4.78 is 0. The van der Waals surface area contributed by atoms with Gasteiger partial charge in [-0.2, -0.15) is 0 Å². The van der Waals surface area contributed by atoms with Crippen LogP contribution in [0.4, 0.5) is 0 Å². The summed E-state index contributed by atoms with van der Waals surface area (Å²) in [6, 6.07) is 4.28. The molecule has 0 unspecified atom stereocenters. The van der Waals surface area contributed by atoms with E-state index in [1.807, 2.05) is 13.1 Å². The average molecular weight is 191 g/mol. The summed E-state index contributed by atoms with van der Waals surface area (Å²) in [6.45, 7) is 8.90. The van der Waals surface area contributed by atoms with E-state index in [9.17, 15) is 0 Å². The molecule has 1 aromatic rings. The molecule has 1 heterocycles. The first kappa shape index (κ1) is 11.2. The molecule has 0 atom stereocenters. The van der Waals surface area contributed by atoms with Crippen molar-refractivity contribution in [2.24, 2.45) is 5.41 Å². The lowest BCUT2D eigenvalue weighted by atomic mass is 9.89. The summed E-state index contributed by atoms with van der Waals surface area (Å²) in [6.07, 6.45) is 5.69. The lowest BCUT2D eigenvalue weighted by Gasteiger charge is -2.17. The molecule has 14 heavy (non-hydrogen) atoms. The molecule has 1 rings (SSSR count). The predicted molar refractivity (Wildman–Crippen MR) is 61.4 cm³/mol. The first-order valence-corrected chi connectivity index (χ1v) is 5.39. The zero-order valence-electron chi connectivity index (χ0n) is 9.80. The van der Waals surface area contributed by atoms with Crippen LogP contribution in [0.5, 0.6) is 0 Å². The minimum absolute atomic E-state index is 0.456. The van der Waals surface area contributed by atoms with E-state index < -0.39 is 0 Å². The molecule has 0 bridgehead atoms. The van der Waals surface area contributed by atoms with Crippen molar-refractivity contribution in [2.75, 3.05) is 0 Å². The van der Waals surface area contributed by atoms with Gasteiger partial charge < -0.3 is 0 Å². The lowest BCUT2D eigenvalue weighted by molar-refractivity contribution is 0.365. The van der Waals surface area contributed by atoms with Crippen molar-refractivity contribution in [3.63, 3.8) is 0 Å². The maximum atomic E-state index is 4.29. The van der Waals surface area contributed by atoms with E-state index in [0.717, 1.165) is 12.1 Å². The summed E-state index contributed by atoms with van der Waals surface area (Å²) in [5.41, 5.74) is 2.92. The summed E-state index contributed by atoms with van der Waals surface area (Å²) in [7, 11) is 0. The number of hydrogen-bond acceptors (Lipinski definition) is 1. The second-order valence-corrected chi connectivity index (χ2v) is 5.22. The monoisotopic (exact) mass is 191 g/mol. The fraction of sp³-hybridized carbons (Fsp3) is 0.615. The van der Waals surface area contributed by atoms with Crippen molar-refractivity contribution in [3.8, 4) is 0 Å². The molecule has 0 fully saturated rings. The second kappa shape index (κ2) is 4.59. The lowest BCUT2D eigenvalue weighted by Crippen LogP contribution is -2.05. The maximum Gasteiger partial charge on any atom is 0.0372 e. The molecule has 0 saturated heterocycles. The van der Waals surface area contributed by atoms with E-state index in [1.54, 1.807) is 0 Å². The van der Waals surface area contributed by atoms with E-state index >= 15 is 0 Å². The van der Waals surface area contributed by atoms with Gasteiger partial charge in [0.2, 0.25) is 0 Å². The molecule has 0 aromatic carbocycles. The molecule has 0 N–H and O–H groups in total. The van der Waals surface area contributed by atoms with E-state index in [1.165, 1.54) is 18.4 Å². The maximum absolute atomic E-state index is 4.29. The van der Waals surface area contributed by atoms with Crippen molar-refractivity contribution in [3.05, 3.63) is 29.6 Å². The highest BCUT2D eigenvalue weighted by atomic mass is 14.6. The van der Waals surface area contributed by atoms with E-state index in [2.05, 4.69) is 37.9 Å². The Labute approximate surface area is 87.6 Å². The predicted octanol–water partition coefficient (Wildman–Crippen LogP) is 3.76. The summed E-state index contributed by atoms with van der Waals surface area (Å²) in [4.78, 5) is 4.29. The Bertz CT molecular complexity index is 266. The van der Waals surface area contributed by atoms with E-state index in [0.29, 0.717) is 5.41 Å². The van der Waals surface area contributed by atoms with Crippen LogP contribution in [0.15, 0.2) is 18.3 Å². The third kappa shape index (κ3) is 4.40. The molecule has 0 amide bonds. The fourth-order valence-corrected chi connectivity index (χ4v) is 1.47. The molecule has 0 spiro atoms. The number of nitrogens with zero attached hydrogens (tertiary/aromatic N) is 1. The van der Waals surface area contributed by atoms with Gasteiger partial charge in [0.15, 0.2) is 0 Å². The smallest absolute Gasteiger partial charge is 0.0372 e. The van der Waals surface area contributed by atoms with Crippen molar-refractivity contribution >= 4 is 0 Å². The topological polar surface area (TPSA) is 12.9 Å². The SMILES string of the molecule is Cc1ccc(CCCC(C)(C)C)cn1. The van der Waals surface area contributed by atoms with Gasteiger partial charge in [0.25, 0.3) is 0 Å². The average Bonchev–Trinajstić information content (AvgIpc) is 2.06. The van der Waals surface area contributed by atoms with Crippen LogP contribution in [0, 0.1) is 12.3 Å². The molecule has 0 radical (unpaired) electrons. The largest absolute Gasteiger partial charge is 0.261 e. The van der Waals surface area contributed by atoms with Gasteiger partial charge in [-0.1, -0.05) is 26.8 Å². The van der Waals surface area contributed by atoms with Crippen molar-refractivity contribution < 1.29 is 0 Å². The summed E-state index contributed by atoms with van der Waals surface area (Å²) in [5, 5.41) is 0. The minimum atomic E-state index is 0.456. The van der Waals surface area contributed by atoms with Crippen LogP contribution in [0.1, 0.15) is 44.9 Å². The molecule has 78 valence electrons. The molecule has 0 aliphatic carbocycles. The third-order valence-electron chi connectivity index (χ3n) is 2.36. The van der Waals surface area contributed by atoms with Gasteiger partial charge in [-0.3, -0.25) is 4.98 Å². The molecule has 1 heteroatoms. The van der Waals surface area contributed by atoms with Gasteiger partial charge in [-0.25, -0.2) is 0 Å². The standard InChI is InChI=1S/C13H21N/c1-11-7-8-12(10-14-11)6-5-9-13(2,3)4/h7-8,10H,5-6,9H2,1-4H3. The van der Waals surface area contributed by atoms with Crippen LogP contribution in [0.25, 0.3) is 0 Å². The van der Waals surface area contributed by atoms with E-state index in [4.69, 9.17) is 0 Å². The highest BCUT2D eigenvalue weighted by Crippen LogP contribution is 2.21. The highest BCUT2D eigenvalue weighted by Gasteiger charge is 2.09. The van der Waals surface area contributed by atoms with Crippen molar-refractivity contribution in [2.45, 2.75) is 47.0 Å². The summed E-state index contributed by atoms with van der Waals surface area (Å²) in [5.74, 6) is 0.